The highest BCUT2D eigenvalue weighted by molar-refractivity contribution is 7.14. The van der Waals surface area contributed by atoms with Gasteiger partial charge in [0, 0.05) is 36.0 Å². The largest absolute Gasteiger partial charge is 0.379 e. The van der Waals surface area contributed by atoms with E-state index in [0.29, 0.717) is 11.9 Å². The van der Waals surface area contributed by atoms with E-state index in [9.17, 15) is 4.79 Å². The molecule has 31 heavy (non-hydrogen) atoms. The molecule has 162 valence electrons. The third-order valence-electron chi connectivity index (χ3n) is 6.24. The van der Waals surface area contributed by atoms with Gasteiger partial charge >= 0.3 is 0 Å². The Morgan fingerprint density at radius 2 is 1.87 bits per heavy atom. The third kappa shape index (κ3) is 4.58. The summed E-state index contributed by atoms with van der Waals surface area (Å²) in [6.45, 7) is 5.60. The quantitative estimate of drug-likeness (QED) is 0.668. The van der Waals surface area contributed by atoms with Crippen LogP contribution < -0.4 is 5.32 Å². The zero-order chi connectivity index (χ0) is 21.2. The number of benzene rings is 1. The van der Waals surface area contributed by atoms with Gasteiger partial charge in [0.1, 0.15) is 10.0 Å². The van der Waals surface area contributed by atoms with E-state index in [1.807, 2.05) is 31.2 Å². The number of amides is 1. The molecule has 3 heterocycles. The van der Waals surface area contributed by atoms with Crippen LogP contribution >= 0.6 is 11.3 Å². The number of hydrogen-bond donors (Lipinski definition) is 1. The lowest BCUT2D eigenvalue weighted by Crippen LogP contribution is -2.45. The molecule has 1 aliphatic carbocycles. The molecule has 0 bridgehead atoms. The molecule has 0 atom stereocenters. The molecule has 2 fully saturated rings. The number of carbonyl (C=O) groups excluding carboxylic acids is 1. The van der Waals surface area contributed by atoms with Gasteiger partial charge in [-0.3, -0.25) is 9.69 Å². The smallest absolute Gasteiger partial charge is 0.228 e. The summed E-state index contributed by atoms with van der Waals surface area (Å²) in [4.78, 5) is 15.4. The number of ether oxygens (including phenoxy) is 1. The van der Waals surface area contributed by atoms with Gasteiger partial charge in [-0.1, -0.05) is 11.3 Å². The number of anilines is 1. The Labute approximate surface area is 185 Å². The second kappa shape index (κ2) is 8.94. The third-order valence-corrected chi connectivity index (χ3v) is 7.13. The summed E-state index contributed by atoms with van der Waals surface area (Å²) >= 11 is 1.55. The molecule has 8 nitrogen and oxygen atoms in total. The number of aromatic nitrogens is 4. The summed E-state index contributed by atoms with van der Waals surface area (Å²) in [5, 5.41) is 22.5. The van der Waals surface area contributed by atoms with Crippen LogP contribution in [0, 0.1) is 12.8 Å². The topological polar surface area (TPSA) is 93.1 Å². The Bertz CT molecular complexity index is 1070. The SMILES string of the molecule is Cc1nnc(-c2ccc3nnc(NC(=O)C4CCC(N5CCOCC5)CC4)cc3c2)s1. The molecule has 9 heteroatoms. The summed E-state index contributed by atoms with van der Waals surface area (Å²) in [5.41, 5.74) is 1.78. The van der Waals surface area contributed by atoms with Crippen molar-refractivity contribution in [2.24, 2.45) is 5.92 Å². The van der Waals surface area contributed by atoms with Crippen molar-refractivity contribution in [2.75, 3.05) is 31.6 Å². The van der Waals surface area contributed by atoms with Gasteiger partial charge in [0.2, 0.25) is 5.91 Å². The average molecular weight is 439 g/mol. The van der Waals surface area contributed by atoms with E-state index < -0.39 is 0 Å². The fourth-order valence-corrected chi connectivity index (χ4v) is 5.21. The molecule has 0 spiro atoms. The molecule has 1 aliphatic heterocycles. The van der Waals surface area contributed by atoms with Crippen molar-refractivity contribution in [3.8, 4) is 10.6 Å². The molecular weight excluding hydrogens is 412 g/mol. The van der Waals surface area contributed by atoms with Gasteiger partial charge in [-0.05, 0) is 56.9 Å². The highest BCUT2D eigenvalue weighted by Crippen LogP contribution is 2.30. The number of nitrogens with one attached hydrogen (secondary N) is 1. The lowest BCUT2D eigenvalue weighted by Gasteiger charge is -2.38. The highest BCUT2D eigenvalue weighted by Gasteiger charge is 2.30. The van der Waals surface area contributed by atoms with Gasteiger partial charge in [0.05, 0.1) is 18.7 Å². The van der Waals surface area contributed by atoms with Crippen molar-refractivity contribution in [1.29, 1.82) is 0 Å². The molecule has 1 N–H and O–H groups in total. The lowest BCUT2D eigenvalue weighted by molar-refractivity contribution is -0.121. The monoisotopic (exact) mass is 438 g/mol. The number of fused-ring (bicyclic) bond motifs is 1. The zero-order valence-corrected chi connectivity index (χ0v) is 18.4. The molecule has 2 aliphatic rings. The van der Waals surface area contributed by atoms with Crippen molar-refractivity contribution in [3.05, 3.63) is 29.3 Å². The van der Waals surface area contributed by atoms with Crippen LogP contribution in [0.1, 0.15) is 30.7 Å². The van der Waals surface area contributed by atoms with Crippen molar-refractivity contribution in [1.82, 2.24) is 25.3 Å². The molecule has 2 aromatic heterocycles. The first-order valence-corrected chi connectivity index (χ1v) is 11.7. The summed E-state index contributed by atoms with van der Waals surface area (Å²) in [5.74, 6) is 0.578. The number of morpholine rings is 1. The lowest BCUT2D eigenvalue weighted by atomic mass is 9.84. The maximum atomic E-state index is 12.8. The number of hydrogen-bond acceptors (Lipinski definition) is 8. The Kier molecular flexibility index (Phi) is 5.89. The molecule has 0 radical (unpaired) electrons. The minimum Gasteiger partial charge on any atom is -0.379 e. The fraction of sp³-hybridized carbons (Fsp3) is 0.500. The van der Waals surface area contributed by atoms with E-state index in [1.54, 1.807) is 11.3 Å². The van der Waals surface area contributed by atoms with Crippen LogP contribution in [-0.4, -0.2) is 63.5 Å². The first-order valence-electron chi connectivity index (χ1n) is 10.9. The summed E-state index contributed by atoms with van der Waals surface area (Å²) < 4.78 is 5.46. The molecule has 3 aromatic rings. The van der Waals surface area contributed by atoms with Gasteiger partial charge in [-0.25, -0.2) is 0 Å². The number of nitrogens with zero attached hydrogens (tertiary/aromatic N) is 5. The fourth-order valence-electron chi connectivity index (χ4n) is 4.53. The Morgan fingerprint density at radius 3 is 2.61 bits per heavy atom. The van der Waals surface area contributed by atoms with E-state index in [2.05, 4.69) is 30.6 Å². The van der Waals surface area contributed by atoms with E-state index >= 15 is 0 Å². The van der Waals surface area contributed by atoms with Crippen LogP contribution in [0.2, 0.25) is 0 Å². The normalized spacial score (nSPS) is 22.5. The molecule has 1 saturated carbocycles. The molecule has 1 saturated heterocycles. The van der Waals surface area contributed by atoms with Gasteiger partial charge < -0.3 is 10.1 Å². The predicted molar refractivity (Wildman–Crippen MR) is 120 cm³/mol. The van der Waals surface area contributed by atoms with Crippen molar-refractivity contribution < 1.29 is 9.53 Å². The van der Waals surface area contributed by atoms with E-state index in [1.165, 1.54) is 0 Å². The predicted octanol–water partition coefficient (Wildman–Crippen LogP) is 3.29. The highest BCUT2D eigenvalue weighted by atomic mass is 32.1. The maximum absolute atomic E-state index is 12.8. The first kappa shape index (κ1) is 20.4. The Balaban J connectivity index is 1.24. The second-order valence-electron chi connectivity index (χ2n) is 8.27. The number of aryl methyl sites for hydroxylation is 1. The minimum atomic E-state index is 0.0329. The van der Waals surface area contributed by atoms with Crippen LogP contribution in [-0.2, 0) is 9.53 Å². The summed E-state index contributed by atoms with van der Waals surface area (Å²) in [6, 6.07) is 8.38. The number of rotatable bonds is 4. The van der Waals surface area contributed by atoms with E-state index in [4.69, 9.17) is 4.74 Å². The van der Waals surface area contributed by atoms with Crippen molar-refractivity contribution in [3.63, 3.8) is 0 Å². The minimum absolute atomic E-state index is 0.0329. The van der Waals surface area contributed by atoms with Crippen LogP contribution in [0.25, 0.3) is 21.5 Å². The molecule has 1 aromatic carbocycles. The standard InChI is InChI=1S/C22H26N6O2S/c1-14-24-27-22(31-14)16-4-7-19-17(12-16)13-20(26-25-19)23-21(29)15-2-5-18(6-3-15)28-8-10-30-11-9-28/h4,7,12-13,15,18H,2-3,5-6,8-11H2,1H3,(H,23,26,29). The van der Waals surface area contributed by atoms with Crippen LogP contribution in [0.5, 0.6) is 0 Å². The molecule has 5 rings (SSSR count). The first-order chi connectivity index (χ1) is 15.2. The second-order valence-corrected chi connectivity index (χ2v) is 9.45. The Hall–Kier alpha value is -2.49. The van der Waals surface area contributed by atoms with Gasteiger partial charge in [-0.15, -0.1) is 20.4 Å². The van der Waals surface area contributed by atoms with E-state index in [0.717, 1.165) is 78.5 Å². The van der Waals surface area contributed by atoms with E-state index in [-0.39, 0.29) is 11.8 Å². The van der Waals surface area contributed by atoms with Gasteiger partial charge in [0.15, 0.2) is 5.82 Å². The van der Waals surface area contributed by atoms with Crippen molar-refractivity contribution >= 4 is 34.0 Å². The van der Waals surface area contributed by atoms with Gasteiger partial charge in [-0.2, -0.15) is 0 Å². The average Bonchev–Trinajstić information content (AvgIpc) is 3.25. The molecular formula is C22H26N6O2S. The molecule has 0 unspecified atom stereocenters. The maximum Gasteiger partial charge on any atom is 0.228 e. The summed E-state index contributed by atoms with van der Waals surface area (Å²) in [6.07, 6.45) is 3.95. The van der Waals surface area contributed by atoms with Crippen molar-refractivity contribution in [2.45, 2.75) is 38.6 Å². The van der Waals surface area contributed by atoms with Crippen LogP contribution in [0.15, 0.2) is 24.3 Å². The van der Waals surface area contributed by atoms with Gasteiger partial charge in [0.25, 0.3) is 0 Å². The number of carbonyl (C=O) groups is 1. The molecule has 1 amide bonds. The zero-order valence-electron chi connectivity index (χ0n) is 17.6. The van der Waals surface area contributed by atoms with Crippen LogP contribution in [0.4, 0.5) is 5.82 Å². The Morgan fingerprint density at radius 1 is 1.06 bits per heavy atom. The summed E-state index contributed by atoms with van der Waals surface area (Å²) in [7, 11) is 0. The van der Waals surface area contributed by atoms with Crippen LogP contribution in [0.3, 0.4) is 0 Å².